The minimum absolute atomic E-state index is 0.0134. The van der Waals surface area contributed by atoms with Gasteiger partial charge in [0.15, 0.2) is 5.69 Å². The van der Waals surface area contributed by atoms with Crippen molar-refractivity contribution in [3.8, 4) is 0 Å². The lowest BCUT2D eigenvalue weighted by atomic mass is 10.1. The second-order valence-corrected chi connectivity index (χ2v) is 5.84. The van der Waals surface area contributed by atoms with Crippen LogP contribution in [-0.2, 0) is 4.79 Å². The highest BCUT2D eigenvalue weighted by Crippen LogP contribution is 2.19. The summed E-state index contributed by atoms with van der Waals surface area (Å²) in [5.74, 6) is -0.665. The molecule has 1 aliphatic rings. The fourth-order valence-electron chi connectivity index (χ4n) is 2.06. The van der Waals surface area contributed by atoms with Crippen LogP contribution >= 0.6 is 0 Å². The van der Waals surface area contributed by atoms with Gasteiger partial charge in [0.2, 0.25) is 5.91 Å². The molecule has 21 heavy (non-hydrogen) atoms. The number of hydrogen-bond acceptors (Lipinski definition) is 5. The lowest BCUT2D eigenvalue weighted by Crippen LogP contribution is -2.52. The van der Waals surface area contributed by atoms with Crippen molar-refractivity contribution in [1.82, 2.24) is 25.2 Å². The third kappa shape index (κ3) is 3.78. The number of aromatic nitrogens is 3. The van der Waals surface area contributed by atoms with Gasteiger partial charge in [0.25, 0.3) is 0 Å². The number of aromatic carboxylic acids is 1. The number of carbonyl (C=O) groups is 2. The van der Waals surface area contributed by atoms with Gasteiger partial charge in [-0.2, -0.15) is 0 Å². The Kier molecular flexibility index (Phi) is 4.56. The van der Waals surface area contributed by atoms with Crippen LogP contribution in [0.3, 0.4) is 0 Å². The molecule has 1 amide bonds. The molecule has 8 heteroatoms. The lowest BCUT2D eigenvalue weighted by Gasteiger charge is -2.38. The minimum atomic E-state index is -1.08. The third-order valence-electron chi connectivity index (χ3n) is 3.80. The van der Waals surface area contributed by atoms with Gasteiger partial charge in [-0.15, -0.1) is 5.10 Å². The highest BCUT2D eigenvalue weighted by atomic mass is 16.4. The first-order chi connectivity index (χ1) is 9.86. The Bertz CT molecular complexity index is 522. The normalized spacial score (nSPS) is 17.5. The van der Waals surface area contributed by atoms with E-state index in [1.54, 1.807) is 4.68 Å². The van der Waals surface area contributed by atoms with Gasteiger partial charge in [0.05, 0.1) is 18.8 Å². The third-order valence-corrected chi connectivity index (χ3v) is 3.80. The van der Waals surface area contributed by atoms with Gasteiger partial charge >= 0.3 is 5.97 Å². The largest absolute Gasteiger partial charge is 0.476 e. The molecule has 116 valence electrons. The van der Waals surface area contributed by atoms with Crippen LogP contribution in [-0.4, -0.2) is 62.6 Å². The molecule has 0 bridgehead atoms. The molecule has 1 aromatic rings. The first-order valence-corrected chi connectivity index (χ1v) is 7.03. The minimum Gasteiger partial charge on any atom is -0.476 e. The molecule has 1 fully saturated rings. The molecule has 0 radical (unpaired) electrons. The SMILES string of the molecule is CC(C)C(C)NC(=O)CN1CC(n2cc(C(=O)O)nn2)C1. The van der Waals surface area contributed by atoms with E-state index in [0.29, 0.717) is 25.6 Å². The summed E-state index contributed by atoms with van der Waals surface area (Å²) in [6, 6.07) is 0.240. The first kappa shape index (κ1) is 15.4. The summed E-state index contributed by atoms with van der Waals surface area (Å²) in [4.78, 5) is 24.6. The van der Waals surface area contributed by atoms with Crippen LogP contribution in [0.5, 0.6) is 0 Å². The van der Waals surface area contributed by atoms with Crippen LogP contribution < -0.4 is 5.32 Å². The highest BCUT2D eigenvalue weighted by Gasteiger charge is 2.31. The molecular formula is C13H21N5O3. The average molecular weight is 295 g/mol. The molecule has 2 rings (SSSR count). The maximum atomic E-state index is 11.8. The Morgan fingerprint density at radius 1 is 1.43 bits per heavy atom. The van der Waals surface area contributed by atoms with Gasteiger partial charge in [-0.05, 0) is 12.8 Å². The number of carboxylic acids is 1. The molecule has 1 unspecified atom stereocenters. The van der Waals surface area contributed by atoms with Crippen LogP contribution in [0.25, 0.3) is 0 Å². The maximum Gasteiger partial charge on any atom is 0.358 e. The predicted molar refractivity (Wildman–Crippen MR) is 74.9 cm³/mol. The fourth-order valence-corrected chi connectivity index (χ4v) is 2.06. The number of amides is 1. The second-order valence-electron chi connectivity index (χ2n) is 5.84. The highest BCUT2D eigenvalue weighted by molar-refractivity contribution is 5.84. The van der Waals surface area contributed by atoms with Crippen molar-refractivity contribution >= 4 is 11.9 Å². The van der Waals surface area contributed by atoms with Crippen molar-refractivity contribution in [2.24, 2.45) is 5.92 Å². The van der Waals surface area contributed by atoms with Crippen LogP contribution in [0.15, 0.2) is 6.20 Å². The van der Waals surface area contributed by atoms with E-state index in [1.807, 2.05) is 11.8 Å². The Balaban J connectivity index is 1.76. The van der Waals surface area contributed by atoms with Crippen LogP contribution in [0.4, 0.5) is 0 Å². The Hall–Kier alpha value is -1.96. The molecular weight excluding hydrogens is 274 g/mol. The van der Waals surface area contributed by atoms with Crippen molar-refractivity contribution < 1.29 is 14.7 Å². The summed E-state index contributed by atoms with van der Waals surface area (Å²) in [5.41, 5.74) is -0.0584. The summed E-state index contributed by atoms with van der Waals surface area (Å²) in [6.07, 6.45) is 1.42. The van der Waals surface area contributed by atoms with Crippen molar-refractivity contribution in [3.63, 3.8) is 0 Å². The number of nitrogens with zero attached hydrogens (tertiary/aromatic N) is 4. The summed E-state index contributed by atoms with van der Waals surface area (Å²) < 4.78 is 1.55. The molecule has 0 saturated carbocycles. The molecule has 0 aromatic carbocycles. The van der Waals surface area contributed by atoms with E-state index >= 15 is 0 Å². The quantitative estimate of drug-likeness (QED) is 0.766. The molecule has 1 aliphatic heterocycles. The van der Waals surface area contributed by atoms with Crippen molar-refractivity contribution in [2.75, 3.05) is 19.6 Å². The van der Waals surface area contributed by atoms with Gasteiger partial charge in [-0.25, -0.2) is 9.48 Å². The van der Waals surface area contributed by atoms with Crippen molar-refractivity contribution in [3.05, 3.63) is 11.9 Å². The zero-order chi connectivity index (χ0) is 15.6. The van der Waals surface area contributed by atoms with E-state index in [-0.39, 0.29) is 23.7 Å². The molecule has 8 nitrogen and oxygen atoms in total. The monoisotopic (exact) mass is 295 g/mol. The first-order valence-electron chi connectivity index (χ1n) is 7.03. The topological polar surface area (TPSA) is 100 Å². The van der Waals surface area contributed by atoms with E-state index in [9.17, 15) is 9.59 Å². The number of carboxylic acid groups (broad SMARTS) is 1. The average Bonchev–Trinajstić information content (AvgIpc) is 2.82. The zero-order valence-electron chi connectivity index (χ0n) is 12.5. The molecule has 2 heterocycles. The van der Waals surface area contributed by atoms with Gasteiger partial charge < -0.3 is 10.4 Å². The molecule has 1 aromatic heterocycles. The Morgan fingerprint density at radius 3 is 2.62 bits per heavy atom. The number of hydrogen-bond donors (Lipinski definition) is 2. The molecule has 0 spiro atoms. The van der Waals surface area contributed by atoms with Crippen LogP contribution in [0, 0.1) is 5.92 Å². The van der Waals surface area contributed by atoms with Crippen molar-refractivity contribution in [2.45, 2.75) is 32.9 Å². The Labute approximate surface area is 123 Å². The molecule has 1 saturated heterocycles. The summed E-state index contributed by atoms with van der Waals surface area (Å²) in [6.45, 7) is 7.82. The van der Waals surface area contributed by atoms with Crippen LogP contribution in [0.2, 0.25) is 0 Å². The predicted octanol–water partition coefficient (Wildman–Crippen LogP) is -0.00630. The number of rotatable bonds is 6. The second kappa shape index (κ2) is 6.21. The lowest BCUT2D eigenvalue weighted by molar-refractivity contribution is -0.124. The number of likely N-dealkylation sites (tertiary alicyclic amines) is 1. The van der Waals surface area contributed by atoms with Gasteiger partial charge in [-0.1, -0.05) is 19.1 Å². The smallest absolute Gasteiger partial charge is 0.358 e. The standard InChI is InChI=1S/C13H21N5O3/c1-8(2)9(3)14-12(19)7-17-4-10(5-17)18-6-11(13(20)21)15-16-18/h6,8-10H,4-5,7H2,1-3H3,(H,14,19)(H,20,21). The summed E-state index contributed by atoms with van der Waals surface area (Å²) in [5, 5.41) is 19.1. The Morgan fingerprint density at radius 2 is 2.10 bits per heavy atom. The number of nitrogens with one attached hydrogen (secondary N) is 1. The van der Waals surface area contributed by atoms with Gasteiger partial charge in [0.1, 0.15) is 0 Å². The van der Waals surface area contributed by atoms with Gasteiger partial charge in [-0.3, -0.25) is 9.69 Å². The summed E-state index contributed by atoms with van der Waals surface area (Å²) in [7, 11) is 0. The fraction of sp³-hybridized carbons (Fsp3) is 0.692. The molecule has 1 atom stereocenters. The molecule has 0 aliphatic carbocycles. The van der Waals surface area contributed by atoms with E-state index < -0.39 is 5.97 Å². The van der Waals surface area contributed by atoms with Crippen LogP contribution in [0.1, 0.15) is 37.3 Å². The van der Waals surface area contributed by atoms with E-state index in [0.717, 1.165) is 0 Å². The van der Waals surface area contributed by atoms with Gasteiger partial charge in [0, 0.05) is 19.1 Å². The molecule has 2 N–H and O–H groups in total. The summed E-state index contributed by atoms with van der Waals surface area (Å²) >= 11 is 0. The number of carbonyl (C=O) groups excluding carboxylic acids is 1. The maximum absolute atomic E-state index is 11.8. The van der Waals surface area contributed by atoms with Crippen molar-refractivity contribution in [1.29, 1.82) is 0 Å². The zero-order valence-corrected chi connectivity index (χ0v) is 12.5. The van der Waals surface area contributed by atoms with E-state index in [4.69, 9.17) is 5.11 Å². The van der Waals surface area contributed by atoms with E-state index in [2.05, 4.69) is 29.5 Å². The van der Waals surface area contributed by atoms with E-state index in [1.165, 1.54) is 6.20 Å².